The van der Waals surface area contributed by atoms with Gasteiger partial charge in [-0.2, -0.15) is 0 Å². The predicted molar refractivity (Wildman–Crippen MR) is 79.3 cm³/mol. The second-order valence-electron chi connectivity index (χ2n) is 7.13. The average molecular weight is 315 g/mol. The molecule has 0 spiro atoms. The van der Waals surface area contributed by atoms with Gasteiger partial charge in [0.05, 0.1) is 11.2 Å². The molecule has 1 N–H and O–H groups in total. The summed E-state index contributed by atoms with van der Waals surface area (Å²) in [6.45, 7) is 0.614. The molecular weight excluding hydrogens is 290 g/mol. The Morgan fingerprint density at radius 3 is 2.48 bits per heavy atom. The van der Waals surface area contributed by atoms with Crippen molar-refractivity contribution in [3.63, 3.8) is 0 Å². The van der Waals surface area contributed by atoms with E-state index in [2.05, 4.69) is 0 Å². The van der Waals surface area contributed by atoms with Gasteiger partial charge in [0, 0.05) is 13.1 Å². The van der Waals surface area contributed by atoms with Gasteiger partial charge in [-0.1, -0.05) is 25.7 Å². The highest BCUT2D eigenvalue weighted by molar-refractivity contribution is 7.89. The molecule has 2 atom stereocenters. The molecule has 2 saturated carbocycles. The molecule has 3 fully saturated rings. The Morgan fingerprint density at radius 2 is 1.86 bits per heavy atom. The highest BCUT2D eigenvalue weighted by atomic mass is 32.2. The number of hydrogen-bond donors (Lipinski definition) is 1. The van der Waals surface area contributed by atoms with Crippen LogP contribution in [0.3, 0.4) is 0 Å². The fourth-order valence-electron chi connectivity index (χ4n) is 4.56. The summed E-state index contributed by atoms with van der Waals surface area (Å²) in [4.78, 5) is 11.6. The van der Waals surface area contributed by atoms with Crippen LogP contribution in [0.25, 0.3) is 0 Å². The zero-order valence-corrected chi connectivity index (χ0v) is 13.3. The van der Waals surface area contributed by atoms with Crippen molar-refractivity contribution in [1.82, 2.24) is 4.31 Å². The summed E-state index contributed by atoms with van der Waals surface area (Å²) in [5.41, 5.74) is -0.806. The molecule has 0 aromatic carbocycles. The first-order valence-electron chi connectivity index (χ1n) is 8.15. The van der Waals surface area contributed by atoms with E-state index in [1.54, 1.807) is 0 Å². The molecule has 0 aromatic heterocycles. The third-order valence-corrected chi connectivity index (χ3v) is 7.79. The van der Waals surface area contributed by atoms with Crippen molar-refractivity contribution in [3.8, 4) is 0 Å². The number of aliphatic carboxylic acids is 1. The van der Waals surface area contributed by atoms with Gasteiger partial charge in [0.15, 0.2) is 0 Å². The van der Waals surface area contributed by atoms with Gasteiger partial charge in [-0.05, 0) is 37.5 Å². The van der Waals surface area contributed by atoms with Crippen LogP contribution in [0.2, 0.25) is 0 Å². The fourth-order valence-corrected chi connectivity index (χ4v) is 6.54. The summed E-state index contributed by atoms with van der Waals surface area (Å²) < 4.78 is 26.7. The van der Waals surface area contributed by atoms with Gasteiger partial charge in [-0.25, -0.2) is 12.7 Å². The zero-order chi connectivity index (χ0) is 15.1. The molecule has 3 aliphatic rings. The van der Waals surface area contributed by atoms with E-state index in [9.17, 15) is 18.3 Å². The highest BCUT2D eigenvalue weighted by Gasteiger charge is 2.57. The largest absolute Gasteiger partial charge is 0.481 e. The van der Waals surface area contributed by atoms with Crippen LogP contribution in [-0.2, 0) is 14.8 Å². The number of carboxylic acid groups (broad SMARTS) is 1. The third kappa shape index (κ3) is 2.72. The average Bonchev–Trinajstić information content (AvgIpc) is 2.97. The van der Waals surface area contributed by atoms with E-state index < -0.39 is 21.4 Å². The van der Waals surface area contributed by atoms with E-state index in [1.165, 1.54) is 10.7 Å². The second kappa shape index (κ2) is 5.54. The molecule has 6 heteroatoms. The Kier molecular flexibility index (Phi) is 4.03. The van der Waals surface area contributed by atoms with Crippen LogP contribution < -0.4 is 0 Å². The van der Waals surface area contributed by atoms with E-state index in [0.717, 1.165) is 38.5 Å². The molecule has 1 aliphatic heterocycles. The molecule has 3 rings (SSSR count). The van der Waals surface area contributed by atoms with E-state index in [0.29, 0.717) is 13.0 Å². The van der Waals surface area contributed by atoms with Crippen molar-refractivity contribution in [1.29, 1.82) is 0 Å². The van der Waals surface area contributed by atoms with Crippen LogP contribution in [0.15, 0.2) is 0 Å². The summed E-state index contributed by atoms with van der Waals surface area (Å²) in [6, 6.07) is 0. The first kappa shape index (κ1) is 15.3. The van der Waals surface area contributed by atoms with Gasteiger partial charge >= 0.3 is 5.97 Å². The molecule has 2 aliphatic carbocycles. The standard InChI is InChI=1S/C15H25NO4S/c17-14(18)15-8-4-7-13(15)9-16(11-15)21(19,20)10-12-5-2-1-3-6-12/h12-13H,1-11H2,(H,17,18)/t13-,15+/m0/s1. The zero-order valence-electron chi connectivity index (χ0n) is 12.5. The smallest absolute Gasteiger partial charge is 0.311 e. The van der Waals surface area contributed by atoms with Crippen LogP contribution in [-0.4, -0.2) is 42.6 Å². The molecule has 120 valence electrons. The number of carboxylic acids is 1. The number of nitrogens with zero attached hydrogens (tertiary/aromatic N) is 1. The minimum Gasteiger partial charge on any atom is -0.481 e. The van der Waals surface area contributed by atoms with Crippen molar-refractivity contribution in [3.05, 3.63) is 0 Å². The van der Waals surface area contributed by atoms with Gasteiger partial charge in [0.25, 0.3) is 0 Å². The molecular formula is C15H25NO4S. The lowest BCUT2D eigenvalue weighted by molar-refractivity contribution is -0.149. The maximum absolute atomic E-state index is 12.6. The number of hydrogen-bond acceptors (Lipinski definition) is 3. The minimum atomic E-state index is -3.30. The van der Waals surface area contributed by atoms with Gasteiger partial charge in [-0.15, -0.1) is 0 Å². The lowest BCUT2D eigenvalue weighted by Gasteiger charge is -2.26. The Labute approximate surface area is 126 Å². The molecule has 1 saturated heterocycles. The molecule has 21 heavy (non-hydrogen) atoms. The van der Waals surface area contributed by atoms with Crippen LogP contribution in [0.4, 0.5) is 0 Å². The number of carbonyl (C=O) groups is 1. The van der Waals surface area contributed by atoms with Crippen molar-refractivity contribution >= 4 is 16.0 Å². The Morgan fingerprint density at radius 1 is 1.14 bits per heavy atom. The van der Waals surface area contributed by atoms with Gasteiger partial charge in [-0.3, -0.25) is 4.79 Å². The molecule has 0 unspecified atom stereocenters. The minimum absolute atomic E-state index is 0.0103. The van der Waals surface area contributed by atoms with Gasteiger partial charge in [0.2, 0.25) is 10.0 Å². The first-order valence-corrected chi connectivity index (χ1v) is 9.76. The monoisotopic (exact) mass is 315 g/mol. The van der Waals surface area contributed by atoms with Crippen molar-refractivity contribution in [2.24, 2.45) is 17.3 Å². The second-order valence-corrected chi connectivity index (χ2v) is 9.14. The van der Waals surface area contributed by atoms with Gasteiger partial charge < -0.3 is 5.11 Å². The highest BCUT2D eigenvalue weighted by Crippen LogP contribution is 2.49. The first-order chi connectivity index (χ1) is 9.94. The molecule has 0 radical (unpaired) electrons. The van der Waals surface area contributed by atoms with Crippen LogP contribution >= 0.6 is 0 Å². The maximum atomic E-state index is 12.6. The Bertz CT molecular complexity index is 512. The predicted octanol–water partition coefficient (Wildman–Crippen LogP) is 2.08. The van der Waals surface area contributed by atoms with Crippen LogP contribution in [0, 0.1) is 17.3 Å². The van der Waals surface area contributed by atoms with E-state index in [4.69, 9.17) is 0 Å². The third-order valence-electron chi connectivity index (χ3n) is 5.83. The SMILES string of the molecule is O=C(O)[C@@]12CCC[C@H]1CN(S(=O)(=O)CC1CCCCC1)C2. The number of sulfonamides is 1. The fraction of sp³-hybridized carbons (Fsp3) is 0.933. The molecule has 0 amide bonds. The quantitative estimate of drug-likeness (QED) is 0.862. The molecule has 0 aromatic rings. The lowest BCUT2D eigenvalue weighted by Crippen LogP contribution is -2.39. The maximum Gasteiger partial charge on any atom is 0.311 e. The van der Waals surface area contributed by atoms with Crippen molar-refractivity contribution in [2.45, 2.75) is 51.4 Å². The summed E-state index contributed by atoms with van der Waals surface area (Å²) in [6.07, 6.45) is 7.85. The number of rotatable bonds is 4. The van der Waals surface area contributed by atoms with E-state index in [-0.39, 0.29) is 24.1 Å². The topological polar surface area (TPSA) is 74.7 Å². The Hall–Kier alpha value is -0.620. The number of fused-ring (bicyclic) bond motifs is 1. The summed E-state index contributed by atoms with van der Waals surface area (Å²) in [7, 11) is -3.30. The van der Waals surface area contributed by atoms with Crippen LogP contribution in [0.5, 0.6) is 0 Å². The van der Waals surface area contributed by atoms with Crippen molar-refractivity contribution < 1.29 is 18.3 Å². The summed E-state index contributed by atoms with van der Waals surface area (Å²) in [5.74, 6) is -0.309. The summed E-state index contributed by atoms with van der Waals surface area (Å²) >= 11 is 0. The molecule has 5 nitrogen and oxygen atoms in total. The lowest BCUT2D eigenvalue weighted by atomic mass is 9.81. The van der Waals surface area contributed by atoms with E-state index in [1.807, 2.05) is 0 Å². The van der Waals surface area contributed by atoms with Crippen molar-refractivity contribution in [2.75, 3.05) is 18.8 Å². The molecule has 0 bridgehead atoms. The Balaban J connectivity index is 1.71. The van der Waals surface area contributed by atoms with Gasteiger partial charge in [0.1, 0.15) is 0 Å². The normalized spacial score (nSPS) is 35.0. The van der Waals surface area contributed by atoms with Crippen LogP contribution in [0.1, 0.15) is 51.4 Å². The summed E-state index contributed by atoms with van der Waals surface area (Å²) in [5, 5.41) is 9.56. The molecule has 1 heterocycles. The van der Waals surface area contributed by atoms with E-state index >= 15 is 0 Å².